The summed E-state index contributed by atoms with van der Waals surface area (Å²) >= 11 is 1.55. The van der Waals surface area contributed by atoms with Gasteiger partial charge in [-0.1, -0.05) is 42.1 Å². The van der Waals surface area contributed by atoms with Gasteiger partial charge in [-0.15, -0.1) is 0 Å². The third-order valence-corrected chi connectivity index (χ3v) is 6.09. The van der Waals surface area contributed by atoms with E-state index in [1.165, 1.54) is 0 Å². The minimum atomic E-state index is -0.157. The zero-order valence-electron chi connectivity index (χ0n) is 15.0. The predicted octanol–water partition coefficient (Wildman–Crippen LogP) is 3.91. The fraction of sp³-hybridized carbons (Fsp3) is 0.238. The van der Waals surface area contributed by atoms with Crippen LogP contribution in [0.15, 0.2) is 65.2 Å². The molecule has 4 rings (SSSR count). The molecule has 0 spiro atoms. The van der Waals surface area contributed by atoms with Crippen molar-refractivity contribution in [1.82, 2.24) is 4.90 Å². The van der Waals surface area contributed by atoms with Gasteiger partial charge in [0.05, 0.1) is 36.3 Å². The first-order chi connectivity index (χ1) is 13.2. The number of methoxy groups -OCH3 is 1. The Kier molecular flexibility index (Phi) is 4.78. The summed E-state index contributed by atoms with van der Waals surface area (Å²) in [7, 11) is 1.64. The van der Waals surface area contributed by atoms with Crippen LogP contribution in [-0.2, 0) is 4.79 Å². The lowest BCUT2D eigenvalue weighted by Crippen LogP contribution is -2.47. The van der Waals surface area contributed by atoms with Gasteiger partial charge in [-0.2, -0.15) is 5.26 Å². The molecule has 1 atom stereocenters. The number of allylic oxidation sites excluding steroid dienone is 1. The highest BCUT2D eigenvalue weighted by Crippen LogP contribution is 2.43. The van der Waals surface area contributed by atoms with E-state index in [-0.39, 0.29) is 11.8 Å². The van der Waals surface area contributed by atoms with E-state index in [4.69, 9.17) is 4.74 Å². The van der Waals surface area contributed by atoms with Gasteiger partial charge in [0.15, 0.2) is 0 Å². The fourth-order valence-electron chi connectivity index (χ4n) is 3.49. The number of amides is 1. The van der Waals surface area contributed by atoms with Crippen LogP contribution in [0.3, 0.4) is 0 Å². The van der Waals surface area contributed by atoms with Gasteiger partial charge in [0, 0.05) is 18.0 Å². The summed E-state index contributed by atoms with van der Waals surface area (Å²) in [6, 6.07) is 20.0. The number of carbonyl (C=O) groups excluding carboxylic acids is 1. The van der Waals surface area contributed by atoms with Crippen molar-refractivity contribution in [2.75, 3.05) is 24.6 Å². The molecule has 2 aliphatic rings. The van der Waals surface area contributed by atoms with Gasteiger partial charge in [-0.3, -0.25) is 9.69 Å². The Morgan fingerprint density at radius 3 is 2.56 bits per heavy atom. The van der Waals surface area contributed by atoms with Gasteiger partial charge >= 0.3 is 0 Å². The van der Waals surface area contributed by atoms with Gasteiger partial charge in [-0.25, -0.2) is 0 Å². The number of benzene rings is 2. The maximum atomic E-state index is 12.9. The van der Waals surface area contributed by atoms with Crippen LogP contribution >= 0.6 is 11.8 Å². The smallest absolute Gasteiger partial charge is 0.229 e. The predicted molar refractivity (Wildman–Crippen MR) is 106 cm³/mol. The molecular formula is C21H19N3O2S. The van der Waals surface area contributed by atoms with Crippen molar-refractivity contribution >= 4 is 23.4 Å². The van der Waals surface area contributed by atoms with E-state index in [1.807, 2.05) is 54.6 Å². The summed E-state index contributed by atoms with van der Waals surface area (Å²) in [5.74, 6) is 1.40. The Morgan fingerprint density at radius 2 is 1.89 bits per heavy atom. The second-order valence-electron chi connectivity index (χ2n) is 6.47. The van der Waals surface area contributed by atoms with E-state index in [0.29, 0.717) is 24.5 Å². The van der Waals surface area contributed by atoms with E-state index < -0.39 is 0 Å². The van der Waals surface area contributed by atoms with E-state index >= 15 is 0 Å². The molecule has 0 radical (unpaired) electrons. The zero-order valence-corrected chi connectivity index (χ0v) is 15.8. The highest BCUT2D eigenvalue weighted by molar-refractivity contribution is 8.03. The van der Waals surface area contributed by atoms with Crippen LogP contribution in [0.4, 0.5) is 5.69 Å². The molecule has 0 N–H and O–H groups in total. The molecule has 27 heavy (non-hydrogen) atoms. The summed E-state index contributed by atoms with van der Waals surface area (Å²) < 4.78 is 5.21. The fourth-order valence-corrected chi connectivity index (χ4v) is 4.66. The minimum absolute atomic E-state index is 0.0589. The number of thioether (sulfide) groups is 1. The van der Waals surface area contributed by atoms with E-state index in [0.717, 1.165) is 22.0 Å². The molecular weight excluding hydrogens is 358 g/mol. The molecule has 1 amide bonds. The number of rotatable bonds is 3. The van der Waals surface area contributed by atoms with Gasteiger partial charge in [0.25, 0.3) is 0 Å². The monoisotopic (exact) mass is 377 g/mol. The second kappa shape index (κ2) is 7.37. The molecule has 2 aromatic carbocycles. The summed E-state index contributed by atoms with van der Waals surface area (Å²) in [4.78, 5) is 16.7. The topological polar surface area (TPSA) is 56.6 Å². The number of nitrogens with zero attached hydrogens (tertiary/aromatic N) is 3. The number of hydrogen-bond donors (Lipinski definition) is 0. The quantitative estimate of drug-likeness (QED) is 0.812. The van der Waals surface area contributed by atoms with Crippen LogP contribution in [-0.4, -0.2) is 30.5 Å². The molecule has 6 heteroatoms. The van der Waals surface area contributed by atoms with Crippen molar-refractivity contribution < 1.29 is 9.53 Å². The molecule has 5 nitrogen and oxygen atoms in total. The van der Waals surface area contributed by atoms with Crippen molar-refractivity contribution in [3.05, 3.63) is 70.8 Å². The first kappa shape index (κ1) is 17.5. The second-order valence-corrected chi connectivity index (χ2v) is 7.41. The highest BCUT2D eigenvalue weighted by Gasteiger charge is 2.38. The molecule has 0 saturated carbocycles. The number of nitriles is 1. The summed E-state index contributed by atoms with van der Waals surface area (Å²) in [5, 5.41) is 10.6. The number of ether oxygens (including phenoxy) is 1. The maximum Gasteiger partial charge on any atom is 0.229 e. The van der Waals surface area contributed by atoms with E-state index in [9.17, 15) is 10.1 Å². The molecule has 0 aliphatic carbocycles. The molecule has 0 bridgehead atoms. The number of carbonyl (C=O) groups is 1. The summed E-state index contributed by atoms with van der Waals surface area (Å²) in [5.41, 5.74) is 2.74. The molecule has 2 aliphatic heterocycles. The van der Waals surface area contributed by atoms with Crippen molar-refractivity contribution in [2.45, 2.75) is 12.3 Å². The van der Waals surface area contributed by atoms with Crippen molar-refractivity contribution in [1.29, 1.82) is 5.26 Å². The SMILES string of the molecule is COc1ccc(N2CSC3=C(C#N)[C@H](c4ccccc4)CC(=O)N3C2)cc1. The summed E-state index contributed by atoms with van der Waals surface area (Å²) in [6.45, 7) is 0.459. The Bertz CT molecular complexity index is 919. The molecule has 136 valence electrons. The summed E-state index contributed by atoms with van der Waals surface area (Å²) in [6.07, 6.45) is 0.327. The molecule has 0 unspecified atom stereocenters. The third-order valence-electron chi connectivity index (χ3n) is 4.93. The normalized spacial score (nSPS) is 19.6. The zero-order chi connectivity index (χ0) is 18.8. The van der Waals surface area contributed by atoms with Crippen molar-refractivity contribution in [3.8, 4) is 11.8 Å². The number of fused-ring (bicyclic) bond motifs is 1. The van der Waals surface area contributed by atoms with Crippen LogP contribution in [0, 0.1) is 11.3 Å². The van der Waals surface area contributed by atoms with E-state index in [1.54, 1.807) is 23.8 Å². The molecule has 2 aromatic rings. The van der Waals surface area contributed by atoms with Crippen LogP contribution in [0.2, 0.25) is 0 Å². The van der Waals surface area contributed by atoms with E-state index in [2.05, 4.69) is 11.0 Å². The molecule has 1 fully saturated rings. The number of hydrogen-bond acceptors (Lipinski definition) is 5. The van der Waals surface area contributed by atoms with Crippen LogP contribution in [0.25, 0.3) is 0 Å². The average molecular weight is 377 g/mol. The Balaban J connectivity index is 1.63. The largest absolute Gasteiger partial charge is 0.497 e. The Hall–Kier alpha value is -2.91. The van der Waals surface area contributed by atoms with Crippen LogP contribution in [0.5, 0.6) is 5.75 Å². The van der Waals surface area contributed by atoms with Crippen molar-refractivity contribution in [3.63, 3.8) is 0 Å². The van der Waals surface area contributed by atoms with Crippen LogP contribution in [0.1, 0.15) is 17.9 Å². The van der Waals surface area contributed by atoms with Crippen molar-refractivity contribution in [2.24, 2.45) is 0 Å². The Labute approximate surface area is 162 Å². The standard InChI is InChI=1S/C21H19N3O2S/c1-26-17-9-7-16(8-10-17)23-13-24-20(25)11-18(15-5-3-2-4-6-15)19(12-22)21(24)27-14-23/h2-10,18H,11,13-14H2,1H3/t18-/m0/s1. The maximum absolute atomic E-state index is 12.9. The number of anilines is 1. The Morgan fingerprint density at radius 1 is 1.15 bits per heavy atom. The average Bonchev–Trinajstić information content (AvgIpc) is 2.74. The third kappa shape index (κ3) is 3.26. The van der Waals surface area contributed by atoms with Gasteiger partial charge < -0.3 is 9.64 Å². The van der Waals surface area contributed by atoms with Crippen LogP contribution < -0.4 is 9.64 Å². The first-order valence-corrected chi connectivity index (χ1v) is 9.71. The molecule has 0 aromatic heterocycles. The van der Waals surface area contributed by atoms with Gasteiger partial charge in [0.1, 0.15) is 5.75 Å². The first-order valence-electron chi connectivity index (χ1n) is 8.72. The van der Waals surface area contributed by atoms with Gasteiger partial charge in [0.2, 0.25) is 5.91 Å². The lowest BCUT2D eigenvalue weighted by Gasteiger charge is -2.42. The lowest BCUT2D eigenvalue weighted by atomic mass is 9.86. The highest BCUT2D eigenvalue weighted by atomic mass is 32.2. The lowest BCUT2D eigenvalue weighted by molar-refractivity contribution is -0.129. The molecule has 2 heterocycles. The molecule has 1 saturated heterocycles. The minimum Gasteiger partial charge on any atom is -0.497 e. The van der Waals surface area contributed by atoms with Gasteiger partial charge in [-0.05, 0) is 29.8 Å².